The highest BCUT2D eigenvalue weighted by molar-refractivity contribution is 14.1. The largest absolute Gasteiger partial charge is 0.0983 e. The summed E-state index contributed by atoms with van der Waals surface area (Å²) in [6, 6.07) is 0. The van der Waals surface area contributed by atoms with Crippen LogP contribution in [0.4, 0.5) is 0 Å². The molecule has 0 saturated carbocycles. The quantitative estimate of drug-likeness (QED) is 0.444. The van der Waals surface area contributed by atoms with Crippen LogP contribution in [0.5, 0.6) is 0 Å². The standard InChI is InChI=1S/C3H4Br2I2/c4-3(5,1-6)2-7/h1-2H2. The maximum Gasteiger partial charge on any atom is 0.0983 e. The van der Waals surface area contributed by atoms with E-state index in [-0.39, 0.29) is 3.23 Å². The molecule has 0 N–H and O–H groups in total. The van der Waals surface area contributed by atoms with Crippen LogP contribution >= 0.6 is 77.0 Å². The monoisotopic (exact) mass is 452 g/mol. The van der Waals surface area contributed by atoms with Gasteiger partial charge in [0.15, 0.2) is 0 Å². The first-order valence-corrected chi connectivity index (χ1v) is 6.26. The lowest BCUT2D eigenvalue weighted by atomic mass is 10.6. The molecule has 0 atom stereocenters. The lowest BCUT2D eigenvalue weighted by molar-refractivity contribution is 1.16. The fraction of sp³-hybridized carbons (Fsp3) is 1.00. The van der Waals surface area contributed by atoms with E-state index in [0.29, 0.717) is 0 Å². The molecule has 44 valence electrons. The van der Waals surface area contributed by atoms with Crippen molar-refractivity contribution in [2.45, 2.75) is 3.23 Å². The predicted octanol–water partition coefficient (Wildman–Crippen LogP) is 3.34. The zero-order chi connectivity index (χ0) is 5.91. The second-order valence-electron chi connectivity index (χ2n) is 1.12. The molecule has 0 aromatic heterocycles. The second-order valence-corrected chi connectivity index (χ2v) is 6.75. The third kappa shape index (κ3) is 4.90. The lowest BCUT2D eigenvalue weighted by Gasteiger charge is -2.10. The van der Waals surface area contributed by atoms with Crippen LogP contribution in [0.2, 0.25) is 0 Å². The summed E-state index contributed by atoms with van der Waals surface area (Å²) in [5.74, 6) is 0. The van der Waals surface area contributed by atoms with Crippen LogP contribution in [0.15, 0.2) is 0 Å². The lowest BCUT2D eigenvalue weighted by Crippen LogP contribution is -2.13. The number of hydrogen-bond donors (Lipinski definition) is 0. The fourth-order valence-corrected chi connectivity index (χ4v) is 1.61. The van der Waals surface area contributed by atoms with E-state index in [1.807, 2.05) is 0 Å². The van der Waals surface area contributed by atoms with Gasteiger partial charge < -0.3 is 0 Å². The molecule has 0 aliphatic carbocycles. The molecule has 0 aromatic carbocycles. The molecule has 0 aromatic rings. The Balaban J connectivity index is 3.36. The maximum atomic E-state index is 3.48. The highest BCUT2D eigenvalue weighted by Crippen LogP contribution is 2.30. The highest BCUT2D eigenvalue weighted by Gasteiger charge is 2.17. The SMILES string of the molecule is BrC(Br)(CI)CI. The summed E-state index contributed by atoms with van der Waals surface area (Å²) in [5.41, 5.74) is 0. The molecular formula is C3H4Br2I2. The van der Waals surface area contributed by atoms with Crippen molar-refractivity contribution in [3.05, 3.63) is 0 Å². The first-order valence-electron chi connectivity index (χ1n) is 1.62. The minimum absolute atomic E-state index is 0.182. The molecule has 0 fully saturated rings. The third-order valence-corrected chi connectivity index (χ3v) is 8.31. The van der Waals surface area contributed by atoms with Gasteiger partial charge in [0.25, 0.3) is 0 Å². The number of rotatable bonds is 2. The van der Waals surface area contributed by atoms with Gasteiger partial charge in [-0.25, -0.2) is 0 Å². The molecule has 0 bridgehead atoms. The Kier molecular flexibility index (Phi) is 5.75. The summed E-state index contributed by atoms with van der Waals surface area (Å²) in [7, 11) is 0. The van der Waals surface area contributed by atoms with Crippen LogP contribution in [0.25, 0.3) is 0 Å². The van der Waals surface area contributed by atoms with Crippen LogP contribution in [0.1, 0.15) is 0 Å². The summed E-state index contributed by atoms with van der Waals surface area (Å²) in [6.45, 7) is 0. The number of halogens is 4. The number of hydrogen-bond acceptors (Lipinski definition) is 0. The summed E-state index contributed by atoms with van der Waals surface area (Å²) in [4.78, 5) is 0. The van der Waals surface area contributed by atoms with Crippen molar-refractivity contribution in [3.63, 3.8) is 0 Å². The molecule has 0 saturated heterocycles. The Morgan fingerprint density at radius 2 is 1.43 bits per heavy atom. The van der Waals surface area contributed by atoms with Crippen molar-refractivity contribution in [1.82, 2.24) is 0 Å². The molecule has 0 spiro atoms. The van der Waals surface area contributed by atoms with E-state index in [4.69, 9.17) is 0 Å². The average Bonchev–Trinajstić information content (AvgIpc) is 1.68. The van der Waals surface area contributed by atoms with E-state index < -0.39 is 0 Å². The van der Waals surface area contributed by atoms with Crippen molar-refractivity contribution in [2.24, 2.45) is 0 Å². The van der Waals surface area contributed by atoms with Gasteiger partial charge in [-0.05, 0) is 0 Å². The molecule has 0 amide bonds. The molecular weight excluding hydrogens is 450 g/mol. The van der Waals surface area contributed by atoms with Gasteiger partial charge in [0.2, 0.25) is 0 Å². The molecule has 0 radical (unpaired) electrons. The van der Waals surface area contributed by atoms with Crippen LogP contribution in [0, 0.1) is 0 Å². The van der Waals surface area contributed by atoms with Crippen molar-refractivity contribution in [2.75, 3.05) is 8.86 Å². The van der Waals surface area contributed by atoms with Gasteiger partial charge in [-0.2, -0.15) is 0 Å². The van der Waals surface area contributed by atoms with E-state index in [2.05, 4.69) is 77.0 Å². The van der Waals surface area contributed by atoms with Crippen molar-refractivity contribution >= 4 is 77.0 Å². The van der Waals surface area contributed by atoms with Crippen LogP contribution in [0.3, 0.4) is 0 Å². The minimum atomic E-state index is 0.182. The molecule has 0 heterocycles. The molecule has 0 nitrogen and oxygen atoms in total. The highest BCUT2D eigenvalue weighted by atomic mass is 127. The first kappa shape index (κ1) is 9.42. The van der Waals surface area contributed by atoms with Crippen molar-refractivity contribution in [1.29, 1.82) is 0 Å². The summed E-state index contributed by atoms with van der Waals surface area (Å²) in [5, 5.41) is 0. The Bertz CT molecular complexity index is 48.9. The van der Waals surface area contributed by atoms with E-state index in [9.17, 15) is 0 Å². The van der Waals surface area contributed by atoms with Crippen LogP contribution in [-0.2, 0) is 0 Å². The zero-order valence-electron chi connectivity index (χ0n) is 3.43. The van der Waals surface area contributed by atoms with E-state index in [0.717, 1.165) is 8.86 Å². The zero-order valence-corrected chi connectivity index (χ0v) is 10.9. The van der Waals surface area contributed by atoms with Gasteiger partial charge in [-0.3, -0.25) is 0 Å². The molecule has 4 heteroatoms. The fourth-order valence-electron chi connectivity index (χ4n) is 0.0357. The van der Waals surface area contributed by atoms with Gasteiger partial charge in [-0.15, -0.1) is 0 Å². The average molecular weight is 454 g/mol. The summed E-state index contributed by atoms with van der Waals surface area (Å²) in [6.07, 6.45) is 0. The van der Waals surface area contributed by atoms with E-state index in [1.54, 1.807) is 0 Å². The Morgan fingerprint density at radius 3 is 1.43 bits per heavy atom. The van der Waals surface area contributed by atoms with Crippen molar-refractivity contribution in [3.8, 4) is 0 Å². The topological polar surface area (TPSA) is 0 Å². The van der Waals surface area contributed by atoms with Gasteiger partial charge in [0, 0.05) is 8.86 Å². The summed E-state index contributed by atoms with van der Waals surface area (Å²) >= 11 is 11.6. The van der Waals surface area contributed by atoms with E-state index >= 15 is 0 Å². The predicted molar refractivity (Wildman–Crippen MR) is 58.4 cm³/mol. The molecule has 0 unspecified atom stereocenters. The Hall–Kier alpha value is 2.42. The van der Waals surface area contributed by atoms with Crippen LogP contribution in [-0.4, -0.2) is 12.1 Å². The van der Waals surface area contributed by atoms with E-state index in [1.165, 1.54) is 0 Å². The molecule has 0 rings (SSSR count). The molecule has 0 aliphatic heterocycles. The molecule has 7 heavy (non-hydrogen) atoms. The summed E-state index contributed by atoms with van der Waals surface area (Å²) < 4.78 is 2.36. The smallest absolute Gasteiger partial charge is 0.0839 e. The Morgan fingerprint density at radius 1 is 1.14 bits per heavy atom. The molecule has 0 aliphatic rings. The Labute approximate surface area is 87.7 Å². The first-order chi connectivity index (χ1) is 3.12. The minimum Gasteiger partial charge on any atom is -0.0839 e. The van der Waals surface area contributed by atoms with Gasteiger partial charge in [0.05, 0.1) is 3.23 Å². The maximum absolute atomic E-state index is 3.48. The third-order valence-electron chi connectivity index (χ3n) is 0.391. The normalized spacial score (nSPS) is 12.0. The van der Waals surface area contributed by atoms with Gasteiger partial charge >= 0.3 is 0 Å². The van der Waals surface area contributed by atoms with Gasteiger partial charge in [0.1, 0.15) is 0 Å². The van der Waals surface area contributed by atoms with Gasteiger partial charge in [-0.1, -0.05) is 77.0 Å². The van der Waals surface area contributed by atoms with Crippen LogP contribution < -0.4 is 0 Å². The van der Waals surface area contributed by atoms with Crippen molar-refractivity contribution < 1.29 is 0 Å². The second kappa shape index (κ2) is 4.27. The number of alkyl halides is 4.